The van der Waals surface area contributed by atoms with Crippen LogP contribution < -0.4 is 0 Å². The van der Waals surface area contributed by atoms with Crippen molar-refractivity contribution in [3.8, 4) is 0 Å². The van der Waals surface area contributed by atoms with Crippen molar-refractivity contribution in [2.45, 2.75) is 59.4 Å². The SMILES string of the molecule is CC.CC(C)(C)N(S)C(=O)CCCC(=O)O. The molecule has 5 heteroatoms. The van der Waals surface area contributed by atoms with Crippen molar-refractivity contribution >= 4 is 24.7 Å². The molecule has 0 aromatic heterocycles. The van der Waals surface area contributed by atoms with Gasteiger partial charge in [0.1, 0.15) is 0 Å². The Morgan fingerprint density at radius 3 is 1.94 bits per heavy atom. The van der Waals surface area contributed by atoms with Crippen LogP contribution >= 0.6 is 12.8 Å². The van der Waals surface area contributed by atoms with E-state index in [0.717, 1.165) is 0 Å². The van der Waals surface area contributed by atoms with Crippen molar-refractivity contribution < 1.29 is 14.7 Å². The summed E-state index contributed by atoms with van der Waals surface area (Å²) >= 11 is 4.07. The summed E-state index contributed by atoms with van der Waals surface area (Å²) in [5.41, 5.74) is -0.330. The van der Waals surface area contributed by atoms with Gasteiger partial charge in [-0.05, 0) is 27.2 Å². The molecule has 1 N–H and O–H groups in total. The topological polar surface area (TPSA) is 57.6 Å². The molecule has 0 aromatic rings. The molecule has 0 aliphatic heterocycles. The number of hydrogen-bond donors (Lipinski definition) is 2. The zero-order chi connectivity index (χ0) is 13.4. The van der Waals surface area contributed by atoms with Crippen LogP contribution in [0.15, 0.2) is 0 Å². The van der Waals surface area contributed by atoms with Gasteiger partial charge in [0.05, 0.1) is 0 Å². The van der Waals surface area contributed by atoms with Crippen molar-refractivity contribution in [2.24, 2.45) is 0 Å². The number of nitrogens with zero attached hydrogens (tertiary/aromatic N) is 1. The second kappa shape index (κ2) is 8.44. The summed E-state index contributed by atoms with van der Waals surface area (Å²) in [5, 5.41) is 8.38. The van der Waals surface area contributed by atoms with E-state index in [2.05, 4.69) is 12.8 Å². The minimum absolute atomic E-state index is 0.0253. The van der Waals surface area contributed by atoms with Crippen LogP contribution in [-0.4, -0.2) is 26.8 Å². The van der Waals surface area contributed by atoms with Gasteiger partial charge in [-0.1, -0.05) is 26.7 Å². The van der Waals surface area contributed by atoms with Crippen LogP contribution in [0.3, 0.4) is 0 Å². The van der Waals surface area contributed by atoms with E-state index in [0.29, 0.717) is 6.42 Å². The summed E-state index contributed by atoms with van der Waals surface area (Å²) in [7, 11) is 0. The van der Waals surface area contributed by atoms with E-state index in [9.17, 15) is 9.59 Å². The first-order valence-corrected chi connectivity index (χ1v) is 5.89. The normalized spacial score (nSPS) is 10.1. The van der Waals surface area contributed by atoms with Gasteiger partial charge in [0, 0.05) is 18.4 Å². The quantitative estimate of drug-likeness (QED) is 0.753. The monoisotopic (exact) mass is 249 g/mol. The molecule has 0 atom stereocenters. The maximum Gasteiger partial charge on any atom is 0.303 e. The molecule has 0 saturated carbocycles. The molecule has 4 nitrogen and oxygen atoms in total. The molecule has 0 rings (SSSR count). The molecule has 0 aliphatic rings. The number of carboxylic acid groups (broad SMARTS) is 1. The molecule has 0 bridgehead atoms. The Hall–Kier alpha value is -0.710. The van der Waals surface area contributed by atoms with Crippen LogP contribution in [0.5, 0.6) is 0 Å². The van der Waals surface area contributed by atoms with Crippen molar-refractivity contribution in [1.29, 1.82) is 0 Å². The molecule has 96 valence electrons. The summed E-state index contributed by atoms with van der Waals surface area (Å²) in [5.74, 6) is -1.01. The van der Waals surface area contributed by atoms with Crippen molar-refractivity contribution in [1.82, 2.24) is 4.31 Å². The molecule has 0 fully saturated rings. The molecule has 0 aromatic carbocycles. The first-order valence-electron chi connectivity index (χ1n) is 5.49. The predicted octanol–water partition coefficient (Wildman–Crippen LogP) is 2.74. The number of aliphatic carboxylic acids is 1. The van der Waals surface area contributed by atoms with Crippen LogP contribution in [0, 0.1) is 0 Å². The highest BCUT2D eigenvalue weighted by Gasteiger charge is 2.22. The average Bonchev–Trinajstić information content (AvgIpc) is 2.17. The lowest BCUT2D eigenvalue weighted by Gasteiger charge is -2.30. The van der Waals surface area contributed by atoms with E-state index in [4.69, 9.17) is 5.11 Å². The van der Waals surface area contributed by atoms with Gasteiger partial charge in [-0.25, -0.2) is 0 Å². The Labute approximate surface area is 104 Å². The molecular weight excluding hydrogens is 226 g/mol. The lowest BCUT2D eigenvalue weighted by atomic mass is 10.1. The highest BCUT2D eigenvalue weighted by Crippen LogP contribution is 2.17. The molecular formula is C11H23NO3S. The fourth-order valence-electron chi connectivity index (χ4n) is 0.871. The van der Waals surface area contributed by atoms with Crippen LogP contribution in [0.2, 0.25) is 0 Å². The second-order valence-electron chi connectivity index (χ2n) is 4.12. The van der Waals surface area contributed by atoms with E-state index in [1.54, 1.807) is 0 Å². The maximum atomic E-state index is 11.4. The molecule has 0 spiro atoms. The standard InChI is InChI=1S/C9H17NO3S.C2H6/c1-9(2,3)10(14)7(11)5-4-6-8(12)13;1-2/h14H,4-6H2,1-3H3,(H,12,13);1-2H3. The van der Waals surface area contributed by atoms with Gasteiger partial charge in [-0.2, -0.15) is 0 Å². The van der Waals surface area contributed by atoms with Crippen molar-refractivity contribution in [3.63, 3.8) is 0 Å². The number of amides is 1. The third-order valence-corrected chi connectivity index (χ3v) is 2.48. The Balaban J connectivity index is 0. The van der Waals surface area contributed by atoms with Gasteiger partial charge >= 0.3 is 5.97 Å². The summed E-state index contributed by atoms with van der Waals surface area (Å²) in [6.07, 6.45) is 0.617. The third-order valence-electron chi connectivity index (χ3n) is 1.65. The number of carbonyl (C=O) groups is 2. The van der Waals surface area contributed by atoms with Crippen LogP contribution in [-0.2, 0) is 9.59 Å². The fourth-order valence-corrected chi connectivity index (χ4v) is 0.971. The molecule has 1 amide bonds. The van der Waals surface area contributed by atoms with E-state index in [1.165, 1.54) is 4.31 Å². The van der Waals surface area contributed by atoms with Gasteiger partial charge in [-0.3, -0.25) is 13.9 Å². The molecule has 0 aliphatic carbocycles. The predicted molar refractivity (Wildman–Crippen MR) is 68.4 cm³/mol. The Morgan fingerprint density at radius 1 is 1.19 bits per heavy atom. The highest BCUT2D eigenvalue weighted by atomic mass is 32.1. The molecule has 0 heterocycles. The number of carboxylic acids is 1. The Morgan fingerprint density at radius 2 is 1.62 bits per heavy atom. The van der Waals surface area contributed by atoms with Crippen LogP contribution in [0.25, 0.3) is 0 Å². The first kappa shape index (κ1) is 17.7. The lowest BCUT2D eigenvalue weighted by molar-refractivity contribution is -0.137. The lowest BCUT2D eigenvalue weighted by Crippen LogP contribution is -2.38. The van der Waals surface area contributed by atoms with Gasteiger partial charge in [0.25, 0.3) is 0 Å². The summed E-state index contributed by atoms with van der Waals surface area (Å²) in [4.78, 5) is 21.6. The summed E-state index contributed by atoms with van der Waals surface area (Å²) < 4.78 is 1.34. The number of thiol groups is 1. The van der Waals surface area contributed by atoms with Gasteiger partial charge in [-0.15, -0.1) is 0 Å². The third kappa shape index (κ3) is 8.59. The van der Waals surface area contributed by atoms with E-state index in [1.807, 2.05) is 34.6 Å². The molecule has 0 saturated heterocycles. The summed E-state index contributed by atoms with van der Waals surface area (Å²) in [6.45, 7) is 9.61. The summed E-state index contributed by atoms with van der Waals surface area (Å²) in [6, 6.07) is 0. The van der Waals surface area contributed by atoms with E-state index < -0.39 is 5.97 Å². The zero-order valence-corrected chi connectivity index (χ0v) is 11.7. The van der Waals surface area contributed by atoms with Crippen LogP contribution in [0.1, 0.15) is 53.9 Å². The van der Waals surface area contributed by atoms with E-state index in [-0.39, 0.29) is 24.3 Å². The number of hydrogen-bond acceptors (Lipinski definition) is 3. The fraction of sp³-hybridized carbons (Fsp3) is 0.818. The van der Waals surface area contributed by atoms with Gasteiger partial charge in [0.2, 0.25) is 5.91 Å². The number of carbonyl (C=O) groups excluding carboxylic acids is 1. The highest BCUT2D eigenvalue weighted by molar-refractivity contribution is 7.78. The Kier molecular flexibility index (Phi) is 9.33. The zero-order valence-electron chi connectivity index (χ0n) is 10.8. The smallest absolute Gasteiger partial charge is 0.303 e. The average molecular weight is 249 g/mol. The van der Waals surface area contributed by atoms with Crippen molar-refractivity contribution in [3.05, 3.63) is 0 Å². The molecule has 0 radical (unpaired) electrons. The Bertz CT molecular complexity index is 224. The number of rotatable bonds is 4. The largest absolute Gasteiger partial charge is 0.481 e. The first-order chi connectivity index (χ1) is 7.25. The maximum absolute atomic E-state index is 11.4. The second-order valence-corrected chi connectivity index (χ2v) is 4.52. The minimum atomic E-state index is -0.876. The molecule has 0 unspecified atom stereocenters. The molecule has 16 heavy (non-hydrogen) atoms. The van der Waals surface area contributed by atoms with E-state index >= 15 is 0 Å². The van der Waals surface area contributed by atoms with Gasteiger partial charge < -0.3 is 5.11 Å². The van der Waals surface area contributed by atoms with Gasteiger partial charge in [0.15, 0.2) is 0 Å². The van der Waals surface area contributed by atoms with Crippen LogP contribution in [0.4, 0.5) is 0 Å². The van der Waals surface area contributed by atoms with Crippen molar-refractivity contribution in [2.75, 3.05) is 0 Å². The minimum Gasteiger partial charge on any atom is -0.481 e.